The highest BCUT2D eigenvalue weighted by Crippen LogP contribution is 2.34. The molecule has 0 saturated heterocycles. The maximum absolute atomic E-state index is 13.7. The lowest BCUT2D eigenvalue weighted by Crippen LogP contribution is -2.25. The van der Waals surface area contributed by atoms with Crippen LogP contribution >= 0.6 is 0 Å². The Kier molecular flexibility index (Phi) is 5.53. The summed E-state index contributed by atoms with van der Waals surface area (Å²) in [5, 5.41) is 22.3. The van der Waals surface area contributed by atoms with Crippen molar-refractivity contribution in [3.63, 3.8) is 0 Å². The van der Waals surface area contributed by atoms with Gasteiger partial charge in [-0.1, -0.05) is 24.3 Å². The molecule has 11 heteroatoms. The van der Waals surface area contributed by atoms with E-state index < -0.39 is 35.3 Å². The molecule has 0 atom stereocenters. The third kappa shape index (κ3) is 4.18. The zero-order valence-corrected chi connectivity index (χ0v) is 16.9. The van der Waals surface area contributed by atoms with E-state index >= 15 is 0 Å². The lowest BCUT2D eigenvalue weighted by atomic mass is 10.1. The number of halogens is 3. The third-order valence-electron chi connectivity index (χ3n) is 4.82. The van der Waals surface area contributed by atoms with Crippen molar-refractivity contribution < 1.29 is 42.2 Å². The van der Waals surface area contributed by atoms with Gasteiger partial charge in [-0.25, -0.2) is 9.59 Å². The molecule has 0 radical (unpaired) electrons. The number of rotatable bonds is 5. The Hall–Kier alpha value is -4.67. The van der Waals surface area contributed by atoms with E-state index in [1.54, 1.807) is 6.07 Å². The summed E-state index contributed by atoms with van der Waals surface area (Å²) in [5.41, 5.74) is -2.57. The van der Waals surface area contributed by atoms with Gasteiger partial charge < -0.3 is 14.6 Å². The van der Waals surface area contributed by atoms with E-state index in [-0.39, 0.29) is 33.9 Å². The fourth-order valence-electron chi connectivity index (χ4n) is 3.30. The molecule has 4 rings (SSSR count). The second kappa shape index (κ2) is 8.35. The second-order valence-corrected chi connectivity index (χ2v) is 7.03. The highest BCUT2D eigenvalue weighted by molar-refractivity contribution is 6.34. The van der Waals surface area contributed by atoms with Crippen LogP contribution in [-0.2, 0) is 4.79 Å². The summed E-state index contributed by atoms with van der Waals surface area (Å²) in [6, 6.07) is 13.3. The molecule has 0 unspecified atom stereocenters. The molecule has 2 aromatic carbocycles. The van der Waals surface area contributed by atoms with Crippen LogP contribution in [0.3, 0.4) is 0 Å². The molecule has 34 heavy (non-hydrogen) atoms. The molecule has 2 heterocycles. The second-order valence-electron chi connectivity index (χ2n) is 7.03. The van der Waals surface area contributed by atoms with Gasteiger partial charge in [0.1, 0.15) is 11.5 Å². The molecule has 2 N–H and O–H groups in total. The average Bonchev–Trinajstić information content (AvgIpc) is 3.39. The van der Waals surface area contributed by atoms with Gasteiger partial charge >= 0.3 is 18.1 Å². The number of furan rings is 1. The molecule has 172 valence electrons. The van der Waals surface area contributed by atoms with Crippen LogP contribution in [0.2, 0.25) is 0 Å². The molecule has 0 fully saturated rings. The van der Waals surface area contributed by atoms with Gasteiger partial charge in [-0.05, 0) is 42.5 Å². The van der Waals surface area contributed by atoms with Crippen LogP contribution in [0.25, 0.3) is 17.4 Å². The summed E-state index contributed by atoms with van der Waals surface area (Å²) in [6.07, 6.45) is -4.14. The minimum Gasteiger partial charge on any atom is -0.478 e. The molecule has 1 aliphatic heterocycles. The van der Waals surface area contributed by atoms with Crippen molar-refractivity contribution in [2.24, 2.45) is 5.10 Å². The molecular formula is C23H13F3N2O6. The van der Waals surface area contributed by atoms with E-state index in [0.717, 1.165) is 12.1 Å². The Bertz CT molecular complexity index is 1390. The van der Waals surface area contributed by atoms with Gasteiger partial charge in [0.05, 0.1) is 22.4 Å². The molecule has 1 aliphatic rings. The first-order valence-corrected chi connectivity index (χ1v) is 9.54. The van der Waals surface area contributed by atoms with Gasteiger partial charge in [-0.2, -0.15) is 23.3 Å². The highest BCUT2D eigenvalue weighted by Gasteiger charge is 2.47. The largest absolute Gasteiger partial charge is 0.478 e. The van der Waals surface area contributed by atoms with E-state index in [1.165, 1.54) is 48.5 Å². The maximum Gasteiger partial charge on any atom is 0.435 e. The van der Waals surface area contributed by atoms with Crippen molar-refractivity contribution in [3.8, 4) is 11.3 Å². The van der Waals surface area contributed by atoms with Gasteiger partial charge in [0, 0.05) is 5.56 Å². The summed E-state index contributed by atoms with van der Waals surface area (Å²) in [5.74, 6) is -3.75. The Balaban J connectivity index is 1.75. The van der Waals surface area contributed by atoms with E-state index in [0.29, 0.717) is 5.01 Å². The Labute approximate surface area is 188 Å². The summed E-state index contributed by atoms with van der Waals surface area (Å²) >= 11 is 0. The first-order chi connectivity index (χ1) is 16.1. The molecule has 0 spiro atoms. The van der Waals surface area contributed by atoms with Crippen LogP contribution < -0.4 is 5.01 Å². The van der Waals surface area contributed by atoms with Crippen molar-refractivity contribution in [3.05, 3.63) is 83.1 Å². The first kappa shape index (κ1) is 22.5. The minimum atomic E-state index is -4.99. The van der Waals surface area contributed by atoms with Crippen molar-refractivity contribution in [1.29, 1.82) is 0 Å². The topological polar surface area (TPSA) is 120 Å². The Morgan fingerprint density at radius 1 is 0.971 bits per heavy atom. The number of hydrogen-bond donors (Lipinski definition) is 2. The maximum atomic E-state index is 13.7. The Morgan fingerprint density at radius 3 is 2.38 bits per heavy atom. The SMILES string of the molecule is O=C(O)c1cccc(N2N=C(C(F)(F)F)/C(=C\c3ccc(-c4ccccc4C(=O)O)o3)C2=O)c1. The third-order valence-corrected chi connectivity index (χ3v) is 4.82. The van der Waals surface area contributed by atoms with Crippen molar-refractivity contribution in [2.45, 2.75) is 6.18 Å². The van der Waals surface area contributed by atoms with Crippen LogP contribution in [0.1, 0.15) is 26.5 Å². The van der Waals surface area contributed by atoms with Crippen molar-refractivity contribution in [2.75, 3.05) is 5.01 Å². The molecule has 0 bridgehead atoms. The molecule has 3 aromatic rings. The lowest BCUT2D eigenvalue weighted by Gasteiger charge is -2.11. The molecule has 1 amide bonds. The molecule has 8 nitrogen and oxygen atoms in total. The zero-order chi connectivity index (χ0) is 24.6. The van der Waals surface area contributed by atoms with Crippen LogP contribution in [0, 0.1) is 0 Å². The molecule has 0 saturated carbocycles. The minimum absolute atomic E-state index is 0.0740. The number of carboxylic acids is 2. The highest BCUT2D eigenvalue weighted by atomic mass is 19.4. The van der Waals surface area contributed by atoms with E-state index in [2.05, 4.69) is 5.10 Å². The summed E-state index contributed by atoms with van der Waals surface area (Å²) < 4.78 is 46.5. The van der Waals surface area contributed by atoms with E-state index in [1.807, 2.05) is 0 Å². The predicted molar refractivity (Wildman–Crippen MR) is 113 cm³/mol. The zero-order valence-electron chi connectivity index (χ0n) is 16.9. The number of hydrazone groups is 1. The number of aromatic carboxylic acids is 2. The predicted octanol–water partition coefficient (Wildman–Crippen LogP) is 4.69. The van der Waals surface area contributed by atoms with Gasteiger partial charge in [0.2, 0.25) is 0 Å². The van der Waals surface area contributed by atoms with Gasteiger partial charge in [0.25, 0.3) is 5.91 Å². The quantitative estimate of drug-likeness (QED) is 0.522. The lowest BCUT2D eigenvalue weighted by molar-refractivity contribution is -0.114. The average molecular weight is 470 g/mol. The number of benzene rings is 2. The van der Waals surface area contributed by atoms with Crippen LogP contribution in [0.5, 0.6) is 0 Å². The number of anilines is 1. The summed E-state index contributed by atoms with van der Waals surface area (Å²) in [4.78, 5) is 35.5. The number of carbonyl (C=O) groups excluding carboxylic acids is 1. The van der Waals surface area contributed by atoms with E-state index in [9.17, 15) is 32.7 Å². The standard InChI is InChI=1S/C23H13F3N2O6/c24-23(25,26)19-17(20(29)28(27-19)13-5-3-4-12(10-13)21(30)31)11-14-8-9-18(34-14)15-6-1-2-7-16(15)22(32)33/h1-11H,(H,30,31)(H,32,33)/b17-11+. The molecular weight excluding hydrogens is 457 g/mol. The van der Waals surface area contributed by atoms with Gasteiger partial charge in [0.15, 0.2) is 5.71 Å². The number of carbonyl (C=O) groups is 3. The van der Waals surface area contributed by atoms with Crippen LogP contribution in [0.4, 0.5) is 18.9 Å². The number of nitrogens with zero attached hydrogens (tertiary/aromatic N) is 2. The van der Waals surface area contributed by atoms with Gasteiger partial charge in [-0.3, -0.25) is 4.79 Å². The van der Waals surface area contributed by atoms with Crippen molar-refractivity contribution >= 4 is 35.3 Å². The number of alkyl halides is 3. The smallest absolute Gasteiger partial charge is 0.435 e. The van der Waals surface area contributed by atoms with Gasteiger partial charge in [-0.15, -0.1) is 0 Å². The fourth-order valence-corrected chi connectivity index (χ4v) is 3.30. The fraction of sp³-hybridized carbons (Fsp3) is 0.0435. The number of hydrogen-bond acceptors (Lipinski definition) is 5. The van der Waals surface area contributed by atoms with Crippen LogP contribution in [0.15, 0.2) is 75.8 Å². The monoisotopic (exact) mass is 470 g/mol. The van der Waals surface area contributed by atoms with Crippen molar-refractivity contribution in [1.82, 2.24) is 0 Å². The summed E-state index contributed by atoms with van der Waals surface area (Å²) in [6.45, 7) is 0. The van der Waals surface area contributed by atoms with E-state index in [4.69, 9.17) is 9.52 Å². The number of carboxylic acid groups (broad SMARTS) is 2. The Morgan fingerprint density at radius 2 is 1.71 bits per heavy atom. The normalized spacial score (nSPS) is 15.0. The van der Waals surface area contributed by atoms with Crippen LogP contribution in [-0.4, -0.2) is 39.9 Å². The molecule has 1 aromatic heterocycles. The summed E-state index contributed by atoms with van der Waals surface area (Å²) in [7, 11) is 0. The number of amides is 1. The first-order valence-electron chi connectivity index (χ1n) is 9.54. The molecule has 0 aliphatic carbocycles.